The molecule has 1 aromatic heterocycles. The van der Waals surface area contributed by atoms with Crippen LogP contribution in [0.5, 0.6) is 11.5 Å². The van der Waals surface area contributed by atoms with E-state index in [2.05, 4.69) is 9.98 Å². The lowest BCUT2D eigenvalue weighted by molar-refractivity contribution is 0.103. The van der Waals surface area contributed by atoms with Gasteiger partial charge in [0.1, 0.15) is 17.9 Å². The maximum absolute atomic E-state index is 14.8. The molecule has 3 aromatic rings. The van der Waals surface area contributed by atoms with Crippen LogP contribution in [0.1, 0.15) is 33.5 Å². The molecule has 2 aromatic carbocycles. The molecule has 2 heterocycles. The number of fused-ring (bicyclic) bond motifs is 1. The minimum absolute atomic E-state index is 0.0645. The predicted molar refractivity (Wildman–Crippen MR) is 107 cm³/mol. The SMILES string of the molecule is COc1cc(C(=O)c2c[nH]c3c2=CCCN=3)c(F)cc1OCc1ccc(C)cc1. The molecule has 29 heavy (non-hydrogen) atoms. The van der Waals surface area contributed by atoms with Gasteiger partial charge in [-0.3, -0.25) is 9.79 Å². The molecule has 0 fully saturated rings. The molecular formula is C23H21FN2O3. The number of nitrogens with one attached hydrogen (secondary N) is 1. The molecule has 0 amide bonds. The first-order valence-corrected chi connectivity index (χ1v) is 9.39. The van der Waals surface area contributed by atoms with Crippen molar-refractivity contribution >= 4 is 11.9 Å². The summed E-state index contributed by atoms with van der Waals surface area (Å²) >= 11 is 0. The lowest BCUT2D eigenvalue weighted by Gasteiger charge is -2.13. The zero-order valence-electron chi connectivity index (χ0n) is 16.3. The molecule has 148 valence electrons. The highest BCUT2D eigenvalue weighted by Gasteiger charge is 2.21. The monoisotopic (exact) mass is 392 g/mol. The summed E-state index contributed by atoms with van der Waals surface area (Å²) in [7, 11) is 1.46. The summed E-state index contributed by atoms with van der Waals surface area (Å²) < 4.78 is 25.9. The number of aromatic amines is 1. The van der Waals surface area contributed by atoms with Crippen LogP contribution < -0.4 is 20.2 Å². The molecule has 1 aliphatic rings. The molecule has 6 heteroatoms. The van der Waals surface area contributed by atoms with Crippen LogP contribution in [0.4, 0.5) is 4.39 Å². The summed E-state index contributed by atoms with van der Waals surface area (Å²) in [6, 6.07) is 10.5. The third kappa shape index (κ3) is 3.78. The number of carbonyl (C=O) groups is 1. The van der Waals surface area contributed by atoms with Crippen molar-refractivity contribution in [3.63, 3.8) is 0 Å². The summed E-state index contributed by atoms with van der Waals surface area (Å²) in [5.74, 6) is -0.520. The lowest BCUT2D eigenvalue weighted by Crippen LogP contribution is -2.30. The van der Waals surface area contributed by atoms with Crippen molar-refractivity contribution in [3.05, 3.63) is 81.4 Å². The number of ether oxygens (including phenoxy) is 2. The number of aromatic nitrogens is 1. The van der Waals surface area contributed by atoms with Crippen LogP contribution in [-0.2, 0) is 6.61 Å². The predicted octanol–water partition coefficient (Wildman–Crippen LogP) is 3.08. The Kier molecular flexibility index (Phi) is 5.16. The number of hydrogen-bond acceptors (Lipinski definition) is 4. The highest BCUT2D eigenvalue weighted by molar-refractivity contribution is 6.09. The van der Waals surface area contributed by atoms with Crippen molar-refractivity contribution in [1.82, 2.24) is 4.98 Å². The Hall–Kier alpha value is -3.41. The standard InChI is InChI=1S/C23H21FN2O3/c1-14-5-7-15(8-6-14)13-29-21-11-19(24)17(10-20(21)28-2)22(27)18-12-26-23-16(18)4-3-9-25-23/h4-8,10-12H,3,9,13H2,1-2H3,(H,25,26). The van der Waals surface area contributed by atoms with Gasteiger partial charge in [0.15, 0.2) is 17.3 Å². The highest BCUT2D eigenvalue weighted by Crippen LogP contribution is 2.31. The number of halogens is 1. The summed E-state index contributed by atoms with van der Waals surface area (Å²) in [6.07, 6.45) is 4.27. The Labute approximate surface area is 167 Å². The molecule has 1 N–H and O–H groups in total. The molecule has 0 atom stereocenters. The number of benzene rings is 2. The smallest absolute Gasteiger partial charge is 0.198 e. The maximum atomic E-state index is 14.8. The van der Waals surface area contributed by atoms with Gasteiger partial charge in [-0.15, -0.1) is 0 Å². The van der Waals surface area contributed by atoms with E-state index in [4.69, 9.17) is 9.47 Å². The molecule has 0 radical (unpaired) electrons. The van der Waals surface area contributed by atoms with Crippen LogP contribution in [0.25, 0.3) is 6.08 Å². The van der Waals surface area contributed by atoms with E-state index in [0.717, 1.165) is 22.8 Å². The van der Waals surface area contributed by atoms with Gasteiger partial charge in [0.25, 0.3) is 0 Å². The molecular weight excluding hydrogens is 371 g/mol. The number of aryl methyl sites for hydroxylation is 1. The van der Waals surface area contributed by atoms with Crippen molar-refractivity contribution < 1.29 is 18.7 Å². The van der Waals surface area contributed by atoms with Crippen LogP contribution in [-0.4, -0.2) is 24.4 Å². The Balaban J connectivity index is 1.63. The zero-order chi connectivity index (χ0) is 20.4. The summed E-state index contributed by atoms with van der Waals surface area (Å²) in [4.78, 5) is 20.3. The van der Waals surface area contributed by atoms with Gasteiger partial charge in [-0.2, -0.15) is 0 Å². The van der Waals surface area contributed by atoms with Crippen molar-refractivity contribution in [2.24, 2.45) is 4.99 Å². The second kappa shape index (κ2) is 7.91. The molecule has 0 bridgehead atoms. The van der Waals surface area contributed by atoms with E-state index in [0.29, 0.717) is 23.3 Å². The van der Waals surface area contributed by atoms with Crippen molar-refractivity contribution in [2.75, 3.05) is 13.7 Å². The number of rotatable bonds is 6. The Morgan fingerprint density at radius 1 is 1.17 bits per heavy atom. The first-order chi connectivity index (χ1) is 14.1. The van der Waals surface area contributed by atoms with E-state index in [1.807, 2.05) is 37.3 Å². The van der Waals surface area contributed by atoms with E-state index in [1.165, 1.54) is 19.2 Å². The fourth-order valence-corrected chi connectivity index (χ4v) is 3.31. The normalized spacial score (nSPS) is 12.5. The first kappa shape index (κ1) is 18.9. The lowest BCUT2D eigenvalue weighted by atomic mass is 10.0. The minimum Gasteiger partial charge on any atom is -0.493 e. The van der Waals surface area contributed by atoms with Gasteiger partial charge in [-0.25, -0.2) is 4.39 Å². The van der Waals surface area contributed by atoms with Crippen LogP contribution in [0.2, 0.25) is 0 Å². The average Bonchev–Trinajstić information content (AvgIpc) is 3.17. The molecule has 0 spiro atoms. The van der Waals surface area contributed by atoms with E-state index >= 15 is 0 Å². The molecule has 0 unspecified atom stereocenters. The molecule has 5 nitrogen and oxygen atoms in total. The summed E-state index contributed by atoms with van der Waals surface area (Å²) in [5, 5.41) is 0.722. The Morgan fingerprint density at radius 3 is 2.72 bits per heavy atom. The van der Waals surface area contributed by atoms with E-state index < -0.39 is 11.6 Å². The van der Waals surface area contributed by atoms with Gasteiger partial charge in [-0.05, 0) is 25.0 Å². The summed E-state index contributed by atoms with van der Waals surface area (Å²) in [5.41, 5.74) is 3.10. The number of nitrogens with zero attached hydrogens (tertiary/aromatic N) is 1. The fraction of sp³-hybridized carbons (Fsp3) is 0.217. The van der Waals surface area contributed by atoms with E-state index in [-0.39, 0.29) is 17.9 Å². The maximum Gasteiger partial charge on any atom is 0.198 e. The zero-order valence-corrected chi connectivity index (χ0v) is 16.3. The van der Waals surface area contributed by atoms with Crippen molar-refractivity contribution in [3.8, 4) is 11.5 Å². The summed E-state index contributed by atoms with van der Waals surface area (Å²) in [6.45, 7) is 2.95. The third-order valence-corrected chi connectivity index (χ3v) is 4.90. The van der Waals surface area contributed by atoms with E-state index in [9.17, 15) is 9.18 Å². The van der Waals surface area contributed by atoms with Gasteiger partial charge in [0, 0.05) is 29.6 Å². The minimum atomic E-state index is -0.655. The largest absolute Gasteiger partial charge is 0.493 e. The quantitative estimate of drug-likeness (QED) is 0.656. The second-order valence-electron chi connectivity index (χ2n) is 6.93. The highest BCUT2D eigenvalue weighted by atomic mass is 19.1. The molecule has 1 aliphatic heterocycles. The number of carbonyl (C=O) groups excluding carboxylic acids is 1. The second-order valence-corrected chi connectivity index (χ2v) is 6.93. The molecule has 0 saturated heterocycles. The van der Waals surface area contributed by atoms with Crippen LogP contribution in [0.3, 0.4) is 0 Å². The Morgan fingerprint density at radius 2 is 1.97 bits per heavy atom. The van der Waals surface area contributed by atoms with Crippen LogP contribution in [0.15, 0.2) is 47.6 Å². The van der Waals surface area contributed by atoms with Gasteiger partial charge < -0.3 is 14.5 Å². The van der Waals surface area contributed by atoms with Gasteiger partial charge in [0.05, 0.1) is 12.7 Å². The molecule has 0 aliphatic carbocycles. The van der Waals surface area contributed by atoms with Crippen LogP contribution >= 0.6 is 0 Å². The Bertz CT molecular complexity index is 1180. The van der Waals surface area contributed by atoms with Gasteiger partial charge in [0.2, 0.25) is 0 Å². The number of methoxy groups -OCH3 is 1. The van der Waals surface area contributed by atoms with Crippen LogP contribution in [0, 0.1) is 12.7 Å². The van der Waals surface area contributed by atoms with E-state index in [1.54, 1.807) is 6.20 Å². The molecule has 4 rings (SSSR count). The average molecular weight is 392 g/mol. The number of hydrogen-bond donors (Lipinski definition) is 1. The van der Waals surface area contributed by atoms with Gasteiger partial charge in [-0.1, -0.05) is 35.9 Å². The third-order valence-electron chi connectivity index (χ3n) is 4.90. The van der Waals surface area contributed by atoms with Crippen molar-refractivity contribution in [1.29, 1.82) is 0 Å². The number of H-pyrrole nitrogens is 1. The van der Waals surface area contributed by atoms with Gasteiger partial charge >= 0.3 is 0 Å². The van der Waals surface area contributed by atoms with Crippen molar-refractivity contribution in [2.45, 2.75) is 20.0 Å². The first-order valence-electron chi connectivity index (χ1n) is 9.39. The number of ketones is 1. The fourth-order valence-electron chi connectivity index (χ4n) is 3.31. The molecule has 0 saturated carbocycles. The topological polar surface area (TPSA) is 63.7 Å².